The third-order valence-corrected chi connectivity index (χ3v) is 6.20. The van der Waals surface area contributed by atoms with Crippen LogP contribution in [0.4, 0.5) is 0 Å². The lowest BCUT2D eigenvalue weighted by atomic mass is 9.76. The zero-order valence-corrected chi connectivity index (χ0v) is 19.4. The Kier molecular flexibility index (Phi) is 5.99. The number of amides is 2. The Hall–Kier alpha value is -2.86. The lowest BCUT2D eigenvalue weighted by Gasteiger charge is -2.40. The molecule has 4 rings (SSSR count). The number of nitrogens with zero attached hydrogens (tertiary/aromatic N) is 1. The first-order valence-corrected chi connectivity index (χ1v) is 11.4. The summed E-state index contributed by atoms with van der Waals surface area (Å²) in [4.78, 5) is 28.6. The van der Waals surface area contributed by atoms with E-state index in [2.05, 4.69) is 27.7 Å². The van der Waals surface area contributed by atoms with Gasteiger partial charge in [0.2, 0.25) is 5.91 Å². The smallest absolute Gasteiger partial charge is 0.252 e. The molecule has 2 atom stereocenters. The first kappa shape index (κ1) is 22.3. The second kappa shape index (κ2) is 8.58. The molecule has 1 saturated heterocycles. The molecule has 170 valence electrons. The van der Waals surface area contributed by atoms with Gasteiger partial charge >= 0.3 is 0 Å². The summed E-state index contributed by atoms with van der Waals surface area (Å²) in [6, 6.07) is 15.8. The van der Waals surface area contributed by atoms with Crippen molar-refractivity contribution in [3.63, 3.8) is 0 Å². The minimum atomic E-state index is -0.619. The monoisotopic (exact) mass is 435 g/mol. The zero-order chi connectivity index (χ0) is 22.9. The second-order valence-corrected chi connectivity index (χ2v) is 9.98. The van der Waals surface area contributed by atoms with Gasteiger partial charge in [0.05, 0.1) is 18.1 Å². The summed E-state index contributed by atoms with van der Waals surface area (Å²) in [6.07, 6.45) is 0.650. The van der Waals surface area contributed by atoms with E-state index in [1.165, 1.54) is 0 Å². The van der Waals surface area contributed by atoms with Crippen molar-refractivity contribution < 1.29 is 14.3 Å². The van der Waals surface area contributed by atoms with Crippen LogP contribution < -0.4 is 15.4 Å². The van der Waals surface area contributed by atoms with E-state index < -0.39 is 5.54 Å². The minimum absolute atomic E-state index is 0.00799. The number of fused-ring (bicyclic) bond motifs is 1. The molecule has 32 heavy (non-hydrogen) atoms. The van der Waals surface area contributed by atoms with Crippen molar-refractivity contribution in [2.24, 2.45) is 5.92 Å². The molecule has 2 amide bonds. The van der Waals surface area contributed by atoms with Crippen LogP contribution in [0.2, 0.25) is 0 Å². The first-order valence-electron chi connectivity index (χ1n) is 11.4. The standard InChI is InChI=1S/C26H33N3O3/c1-5-32-20-12-10-18(11-13-20)15-29-16-22(24(31)27-25(2,3)4)26(17-29)14-19-8-6-7-9-21(19)23(30)28-26/h6-13,22H,5,14-17H2,1-4H3,(H,27,31)(H,28,30)/t22-,26+/m0/s1. The molecular weight excluding hydrogens is 402 g/mol. The lowest BCUT2D eigenvalue weighted by Crippen LogP contribution is -2.62. The summed E-state index contributed by atoms with van der Waals surface area (Å²) in [5, 5.41) is 6.39. The molecule has 1 spiro atoms. The molecule has 0 radical (unpaired) electrons. The molecule has 1 fully saturated rings. The Labute approximate surface area is 190 Å². The summed E-state index contributed by atoms with van der Waals surface area (Å²) in [7, 11) is 0. The van der Waals surface area contributed by atoms with Crippen molar-refractivity contribution >= 4 is 11.8 Å². The van der Waals surface area contributed by atoms with E-state index >= 15 is 0 Å². The number of hydrogen-bond acceptors (Lipinski definition) is 4. The summed E-state index contributed by atoms with van der Waals surface area (Å²) in [6.45, 7) is 10.5. The van der Waals surface area contributed by atoms with Crippen LogP contribution in [0.15, 0.2) is 48.5 Å². The minimum Gasteiger partial charge on any atom is -0.494 e. The predicted octanol–water partition coefficient (Wildman–Crippen LogP) is 3.16. The highest BCUT2D eigenvalue weighted by Crippen LogP contribution is 2.36. The molecular formula is C26H33N3O3. The highest BCUT2D eigenvalue weighted by Gasteiger charge is 2.53. The maximum absolute atomic E-state index is 13.4. The van der Waals surface area contributed by atoms with Crippen LogP contribution in [0.5, 0.6) is 5.75 Å². The average Bonchev–Trinajstić information content (AvgIpc) is 3.05. The Morgan fingerprint density at radius 2 is 1.91 bits per heavy atom. The van der Waals surface area contributed by atoms with Crippen molar-refractivity contribution in [3.05, 3.63) is 65.2 Å². The number of benzene rings is 2. The van der Waals surface area contributed by atoms with Crippen LogP contribution in [0.3, 0.4) is 0 Å². The number of carbonyl (C=O) groups excluding carboxylic acids is 2. The fraction of sp³-hybridized carbons (Fsp3) is 0.462. The SMILES string of the molecule is CCOc1ccc(CN2C[C@@H](C(=O)NC(C)(C)C)[C@@]3(Cc4ccccc4C(=O)N3)C2)cc1. The van der Waals surface area contributed by atoms with Gasteiger partial charge in [-0.2, -0.15) is 0 Å². The van der Waals surface area contributed by atoms with E-state index in [0.717, 1.165) is 16.9 Å². The molecule has 2 aromatic carbocycles. The van der Waals surface area contributed by atoms with Crippen LogP contribution in [0, 0.1) is 5.92 Å². The van der Waals surface area contributed by atoms with Crippen molar-refractivity contribution in [1.82, 2.24) is 15.5 Å². The van der Waals surface area contributed by atoms with Crippen molar-refractivity contribution in [1.29, 1.82) is 0 Å². The molecule has 6 heteroatoms. The van der Waals surface area contributed by atoms with Crippen LogP contribution in [-0.2, 0) is 17.8 Å². The largest absolute Gasteiger partial charge is 0.494 e. The van der Waals surface area contributed by atoms with E-state index in [9.17, 15) is 9.59 Å². The third kappa shape index (κ3) is 4.65. The Morgan fingerprint density at radius 3 is 2.59 bits per heavy atom. The number of nitrogens with one attached hydrogen (secondary N) is 2. The Morgan fingerprint density at radius 1 is 1.19 bits per heavy atom. The lowest BCUT2D eigenvalue weighted by molar-refractivity contribution is -0.127. The third-order valence-electron chi connectivity index (χ3n) is 6.20. The fourth-order valence-electron chi connectivity index (χ4n) is 4.91. The summed E-state index contributed by atoms with van der Waals surface area (Å²) in [5.74, 6) is 0.421. The topological polar surface area (TPSA) is 70.7 Å². The van der Waals surface area contributed by atoms with E-state index in [-0.39, 0.29) is 23.3 Å². The van der Waals surface area contributed by atoms with Gasteiger partial charge in [-0.05, 0) is 63.4 Å². The maximum Gasteiger partial charge on any atom is 0.252 e. The van der Waals surface area contributed by atoms with Gasteiger partial charge in [-0.25, -0.2) is 0 Å². The van der Waals surface area contributed by atoms with Gasteiger partial charge in [0.1, 0.15) is 5.75 Å². The number of rotatable bonds is 5. The van der Waals surface area contributed by atoms with Crippen molar-refractivity contribution in [2.75, 3.05) is 19.7 Å². The molecule has 0 unspecified atom stereocenters. The number of likely N-dealkylation sites (tertiary alicyclic amines) is 1. The molecule has 0 bridgehead atoms. The highest BCUT2D eigenvalue weighted by molar-refractivity contribution is 5.98. The van der Waals surface area contributed by atoms with Gasteiger partial charge in [-0.3, -0.25) is 14.5 Å². The highest BCUT2D eigenvalue weighted by atomic mass is 16.5. The first-order chi connectivity index (χ1) is 15.2. The quantitative estimate of drug-likeness (QED) is 0.757. The average molecular weight is 436 g/mol. The molecule has 0 aromatic heterocycles. The number of ether oxygens (including phenoxy) is 1. The van der Waals surface area contributed by atoms with Crippen LogP contribution in [-0.4, -0.2) is 47.5 Å². The van der Waals surface area contributed by atoms with E-state index in [0.29, 0.717) is 38.2 Å². The van der Waals surface area contributed by atoms with E-state index in [4.69, 9.17) is 4.74 Å². The summed E-state index contributed by atoms with van der Waals surface area (Å²) in [5.41, 5.74) is 1.91. The van der Waals surface area contributed by atoms with Gasteiger partial charge in [0.15, 0.2) is 0 Å². The van der Waals surface area contributed by atoms with Gasteiger partial charge < -0.3 is 15.4 Å². The Balaban J connectivity index is 1.60. The maximum atomic E-state index is 13.4. The van der Waals surface area contributed by atoms with Gasteiger partial charge in [-0.1, -0.05) is 30.3 Å². The normalized spacial score (nSPS) is 23.0. The summed E-state index contributed by atoms with van der Waals surface area (Å²) >= 11 is 0. The molecule has 2 aliphatic rings. The predicted molar refractivity (Wildman–Crippen MR) is 125 cm³/mol. The van der Waals surface area contributed by atoms with Crippen molar-refractivity contribution in [2.45, 2.75) is 51.7 Å². The number of carbonyl (C=O) groups is 2. The molecule has 2 aromatic rings. The van der Waals surface area contributed by atoms with Crippen LogP contribution >= 0.6 is 0 Å². The van der Waals surface area contributed by atoms with Crippen LogP contribution in [0.1, 0.15) is 49.2 Å². The van der Waals surface area contributed by atoms with E-state index in [1.807, 2.05) is 64.1 Å². The zero-order valence-electron chi connectivity index (χ0n) is 19.4. The van der Waals surface area contributed by atoms with E-state index in [1.54, 1.807) is 0 Å². The molecule has 0 saturated carbocycles. The summed E-state index contributed by atoms with van der Waals surface area (Å²) < 4.78 is 5.55. The molecule has 2 N–H and O–H groups in total. The Bertz CT molecular complexity index is 996. The molecule has 0 aliphatic carbocycles. The van der Waals surface area contributed by atoms with Gasteiger partial charge in [0, 0.05) is 30.7 Å². The fourth-order valence-corrected chi connectivity index (χ4v) is 4.91. The second-order valence-electron chi connectivity index (χ2n) is 9.98. The van der Waals surface area contributed by atoms with Crippen molar-refractivity contribution in [3.8, 4) is 5.75 Å². The molecule has 2 aliphatic heterocycles. The molecule has 6 nitrogen and oxygen atoms in total. The van der Waals surface area contributed by atoms with Gasteiger partial charge in [0.25, 0.3) is 5.91 Å². The van der Waals surface area contributed by atoms with Gasteiger partial charge in [-0.15, -0.1) is 0 Å². The molecule has 2 heterocycles. The van der Waals surface area contributed by atoms with Crippen LogP contribution in [0.25, 0.3) is 0 Å². The number of hydrogen-bond donors (Lipinski definition) is 2.